The third kappa shape index (κ3) is 34.8. The second kappa shape index (κ2) is 55.3. The highest BCUT2D eigenvalue weighted by Gasteiger charge is 2.18. The average molecular weight is 1370 g/mol. The van der Waals surface area contributed by atoms with E-state index in [1.807, 2.05) is 0 Å². The van der Waals surface area contributed by atoms with Gasteiger partial charge >= 0.3 is 0 Å². The molecule has 0 spiro atoms. The van der Waals surface area contributed by atoms with Crippen LogP contribution in [-0.4, -0.2) is 268 Å². The monoisotopic (exact) mass is 1370 g/mol. The highest BCUT2D eigenvalue weighted by Crippen LogP contribution is 2.34. The fourth-order valence-corrected chi connectivity index (χ4v) is 8.05. The first-order chi connectivity index (χ1) is 48.3. The Bertz CT molecular complexity index is 2900. The van der Waals surface area contributed by atoms with Crippen molar-refractivity contribution in [3.63, 3.8) is 0 Å². The molecule has 0 saturated heterocycles. The molecule has 538 valence electrons. The van der Waals surface area contributed by atoms with Crippen LogP contribution in [-0.2, 0) is 75.8 Å². The van der Waals surface area contributed by atoms with Gasteiger partial charge in [-0.3, -0.25) is 0 Å². The molecule has 0 N–H and O–H groups in total. The second-order valence-electron chi connectivity index (χ2n) is 20.0. The van der Waals surface area contributed by atoms with Crippen molar-refractivity contribution in [1.82, 2.24) is 0 Å². The SMILES string of the molecule is C#Cc1cc(OCCOCCOC)c(C#Cc2cc(OCCOCCOC)c(C#Cc3cc(OCCOCCOC)c(C#Cc4cc(OCCOCCOC)c(C#C)cc4OCCOCCOC)cc3OCCOCCOC)cc2OCCOCCOC)cc1OCCOCCOC. The summed E-state index contributed by atoms with van der Waals surface area (Å²) in [6.45, 7) is 9.56. The molecule has 4 aromatic carbocycles. The Kier molecular flexibility index (Phi) is 46.8. The normalized spacial score (nSPS) is 10.7. The van der Waals surface area contributed by atoms with Crippen LogP contribution in [0.5, 0.6) is 46.0 Å². The maximum atomic E-state index is 6.53. The Labute approximate surface area is 579 Å². The van der Waals surface area contributed by atoms with Gasteiger partial charge in [0.05, 0.1) is 203 Å². The highest BCUT2D eigenvalue weighted by atomic mass is 16.6. The quantitative estimate of drug-likeness (QED) is 0.0356. The van der Waals surface area contributed by atoms with Gasteiger partial charge < -0.3 is 114 Å². The molecular formula is C74H98O24. The van der Waals surface area contributed by atoms with Crippen molar-refractivity contribution in [2.45, 2.75) is 0 Å². The van der Waals surface area contributed by atoms with Crippen molar-refractivity contribution >= 4 is 0 Å². The van der Waals surface area contributed by atoms with Crippen LogP contribution in [0.15, 0.2) is 48.5 Å². The van der Waals surface area contributed by atoms with E-state index in [0.717, 1.165) is 0 Å². The average Bonchev–Trinajstić information content (AvgIpc) is 0.870. The van der Waals surface area contributed by atoms with Crippen molar-refractivity contribution in [3.05, 3.63) is 93.0 Å². The zero-order chi connectivity index (χ0) is 70.1. The molecule has 0 aliphatic heterocycles. The van der Waals surface area contributed by atoms with Gasteiger partial charge in [-0.25, -0.2) is 0 Å². The van der Waals surface area contributed by atoms with E-state index in [2.05, 4.69) is 47.4 Å². The van der Waals surface area contributed by atoms with E-state index in [9.17, 15) is 0 Å². The summed E-state index contributed by atoms with van der Waals surface area (Å²) in [5.41, 5.74) is 3.50. The van der Waals surface area contributed by atoms with Crippen molar-refractivity contribution in [2.24, 2.45) is 0 Å². The summed E-state index contributed by atoms with van der Waals surface area (Å²) in [4.78, 5) is 0. The molecule has 0 unspecified atom stereocenters. The Hall–Kier alpha value is -7.56. The molecular weight excluding hydrogens is 1270 g/mol. The molecule has 4 aromatic rings. The van der Waals surface area contributed by atoms with Gasteiger partial charge in [-0.1, -0.05) is 47.4 Å². The summed E-state index contributed by atoms with van der Waals surface area (Å²) in [7, 11) is 12.8. The largest absolute Gasteiger partial charge is 0.490 e. The van der Waals surface area contributed by atoms with Crippen LogP contribution in [0.25, 0.3) is 0 Å². The van der Waals surface area contributed by atoms with Gasteiger partial charge in [0.25, 0.3) is 0 Å². The first kappa shape index (κ1) is 82.9. The third-order valence-corrected chi connectivity index (χ3v) is 13.0. The molecule has 0 heterocycles. The first-order valence-electron chi connectivity index (χ1n) is 32.1. The van der Waals surface area contributed by atoms with Crippen LogP contribution >= 0.6 is 0 Å². The number of methoxy groups -OCH3 is 8. The molecule has 0 aromatic heterocycles. The van der Waals surface area contributed by atoms with E-state index in [1.165, 1.54) is 0 Å². The van der Waals surface area contributed by atoms with E-state index >= 15 is 0 Å². The van der Waals surface area contributed by atoms with Crippen molar-refractivity contribution < 1.29 is 114 Å². The fraction of sp³-hybridized carbons (Fsp3) is 0.541. The Morgan fingerprint density at radius 2 is 0.306 bits per heavy atom. The van der Waals surface area contributed by atoms with Gasteiger partial charge in [0.2, 0.25) is 0 Å². The number of ether oxygens (including phenoxy) is 24. The molecule has 0 atom stereocenters. The number of terminal acetylenes is 2. The smallest absolute Gasteiger partial charge is 0.136 e. The maximum Gasteiger partial charge on any atom is 0.136 e. The zero-order valence-corrected chi connectivity index (χ0v) is 58.2. The summed E-state index contributed by atoms with van der Waals surface area (Å²) in [6, 6.07) is 13.9. The van der Waals surface area contributed by atoms with E-state index in [1.54, 1.807) is 105 Å². The molecule has 4 rings (SSSR count). The molecule has 0 amide bonds. The number of hydrogen-bond donors (Lipinski definition) is 0. The molecule has 24 heteroatoms. The standard InChI is InChI=1S/C74H98O24/c1-11-59-51-69(93-45-37-85-29-21-77-5)61(53-67(59)91-43-35-83-27-19-75-3)13-15-63-55-73(97-49-41-89-33-25-81-9)65(57-71(63)95-47-39-87-31-23-79-7)17-18-66-58-72(96-48-40-88-32-24-80-8)64(56-74(66)98-50-42-90-34-26-82-10)16-14-62-54-68(92-44-36-84-28-20-76-4)60(12-2)52-70(62)94-46-38-86-30-22-78-6/h1-2,51-58H,19-50H2,3-10H3. The highest BCUT2D eigenvalue weighted by molar-refractivity contribution is 5.66. The molecule has 0 aliphatic carbocycles. The molecule has 0 radical (unpaired) electrons. The molecule has 98 heavy (non-hydrogen) atoms. The summed E-state index contributed by atoms with van der Waals surface area (Å²) in [5, 5.41) is 0. The second-order valence-corrected chi connectivity index (χ2v) is 20.0. The van der Waals surface area contributed by atoms with E-state index < -0.39 is 0 Å². The van der Waals surface area contributed by atoms with Crippen LogP contribution in [0.1, 0.15) is 44.5 Å². The van der Waals surface area contributed by atoms with Crippen molar-refractivity contribution in [3.8, 4) is 106 Å². The van der Waals surface area contributed by atoms with Crippen LogP contribution in [0.3, 0.4) is 0 Å². The van der Waals surface area contributed by atoms with Crippen molar-refractivity contribution in [1.29, 1.82) is 0 Å². The predicted molar refractivity (Wildman–Crippen MR) is 365 cm³/mol. The minimum Gasteiger partial charge on any atom is -0.490 e. The first-order valence-corrected chi connectivity index (χ1v) is 32.1. The van der Waals surface area contributed by atoms with Gasteiger partial charge in [-0.15, -0.1) is 12.8 Å². The van der Waals surface area contributed by atoms with Crippen LogP contribution in [0.4, 0.5) is 0 Å². The van der Waals surface area contributed by atoms with E-state index in [0.29, 0.717) is 196 Å². The minimum absolute atomic E-state index is 0.124. The number of hydrogen-bond acceptors (Lipinski definition) is 24. The molecule has 0 fully saturated rings. The van der Waals surface area contributed by atoms with E-state index in [-0.39, 0.29) is 106 Å². The summed E-state index contributed by atoms with van der Waals surface area (Å²) in [5.74, 6) is 28.4. The lowest BCUT2D eigenvalue weighted by atomic mass is 10.0. The number of rotatable bonds is 56. The Balaban J connectivity index is 2.01. The topological polar surface area (TPSA) is 222 Å². The summed E-state index contributed by atoms with van der Waals surface area (Å²) in [6.07, 6.45) is 12.1. The van der Waals surface area contributed by atoms with Gasteiger partial charge in [0, 0.05) is 105 Å². The van der Waals surface area contributed by atoms with E-state index in [4.69, 9.17) is 127 Å². The lowest BCUT2D eigenvalue weighted by molar-refractivity contribution is 0.0537. The maximum absolute atomic E-state index is 6.53. The van der Waals surface area contributed by atoms with Gasteiger partial charge in [-0.2, -0.15) is 0 Å². The summed E-state index contributed by atoms with van der Waals surface area (Å²) < 4.78 is 138. The molecule has 0 aliphatic rings. The molecule has 0 saturated carbocycles. The van der Waals surface area contributed by atoms with Crippen LogP contribution < -0.4 is 37.9 Å². The predicted octanol–water partition coefficient (Wildman–Crippen LogP) is 6.18. The Morgan fingerprint density at radius 1 is 0.184 bits per heavy atom. The lowest BCUT2D eigenvalue weighted by Gasteiger charge is -2.15. The van der Waals surface area contributed by atoms with Gasteiger partial charge in [-0.05, 0) is 0 Å². The van der Waals surface area contributed by atoms with Crippen LogP contribution in [0.2, 0.25) is 0 Å². The molecule has 24 nitrogen and oxygen atoms in total. The van der Waals surface area contributed by atoms with Crippen molar-refractivity contribution in [2.75, 3.05) is 268 Å². The third-order valence-electron chi connectivity index (χ3n) is 13.0. The summed E-state index contributed by atoms with van der Waals surface area (Å²) >= 11 is 0. The van der Waals surface area contributed by atoms with Gasteiger partial charge in [0.15, 0.2) is 0 Å². The van der Waals surface area contributed by atoms with Gasteiger partial charge in [0.1, 0.15) is 98.9 Å². The lowest BCUT2D eigenvalue weighted by Crippen LogP contribution is -2.12. The minimum atomic E-state index is 0.124. The number of benzene rings is 4. The zero-order valence-electron chi connectivity index (χ0n) is 58.2. The fourth-order valence-electron chi connectivity index (χ4n) is 8.05. The Morgan fingerprint density at radius 3 is 0.439 bits per heavy atom. The van der Waals surface area contributed by atoms with Crippen LogP contribution in [0, 0.1) is 60.2 Å². The molecule has 0 bridgehead atoms.